The van der Waals surface area contributed by atoms with Crippen LogP contribution in [0.3, 0.4) is 0 Å². The van der Waals surface area contributed by atoms with Crippen molar-refractivity contribution in [2.24, 2.45) is 0 Å². The molecule has 0 radical (unpaired) electrons. The van der Waals surface area contributed by atoms with Crippen molar-refractivity contribution in [3.05, 3.63) is 40.7 Å². The lowest BCUT2D eigenvalue weighted by molar-refractivity contribution is 0.279. The van der Waals surface area contributed by atoms with Crippen LogP contribution in [0.25, 0.3) is 0 Å². The lowest BCUT2D eigenvalue weighted by Gasteiger charge is -2.01. The number of nitrogens with zero attached hydrogens (tertiary/aromatic N) is 2. The minimum absolute atomic E-state index is 0.0564. The quantitative estimate of drug-likeness (QED) is 0.828. The van der Waals surface area contributed by atoms with Crippen LogP contribution < -0.4 is 9.47 Å². The summed E-state index contributed by atoms with van der Waals surface area (Å²) in [7, 11) is 2.94. The van der Waals surface area contributed by atoms with Crippen molar-refractivity contribution in [3.8, 4) is 17.5 Å². The topological polar surface area (TPSA) is 84.7 Å². The molecule has 0 spiro atoms. The van der Waals surface area contributed by atoms with Gasteiger partial charge >= 0.3 is 0 Å². The molecule has 2 rings (SSSR count). The molecule has 0 atom stereocenters. The molecule has 0 bridgehead atoms. The number of rotatable bonds is 4. The zero-order chi connectivity index (χ0) is 16.5. The molecule has 0 unspecified atom stereocenters. The summed E-state index contributed by atoms with van der Waals surface area (Å²) < 4.78 is 9.56. The van der Waals surface area contributed by atoms with Gasteiger partial charge in [0.15, 0.2) is 5.75 Å². The van der Waals surface area contributed by atoms with E-state index in [0.717, 1.165) is 5.56 Å². The van der Waals surface area contributed by atoms with E-state index in [1.165, 1.54) is 26.5 Å². The molecule has 22 heavy (non-hydrogen) atoms. The van der Waals surface area contributed by atoms with Crippen LogP contribution in [0.2, 0.25) is 5.02 Å². The van der Waals surface area contributed by atoms with E-state index >= 15 is 0 Å². The van der Waals surface area contributed by atoms with Gasteiger partial charge in [-0.2, -0.15) is 0 Å². The molecule has 0 aromatic carbocycles. The molecule has 2 N–H and O–H groups in total. The van der Waals surface area contributed by atoms with Crippen LogP contribution in [0.4, 0.5) is 0 Å². The molecule has 2 aromatic heterocycles. The van der Waals surface area contributed by atoms with E-state index in [4.69, 9.17) is 42.9 Å². The number of aromatic hydroxyl groups is 1. The van der Waals surface area contributed by atoms with Crippen molar-refractivity contribution in [2.45, 2.75) is 12.5 Å². The van der Waals surface area contributed by atoms with Crippen LogP contribution in [-0.2, 0) is 12.5 Å². The van der Waals surface area contributed by atoms with Gasteiger partial charge in [0.1, 0.15) is 5.02 Å². The molecule has 8 heteroatoms. The Morgan fingerprint density at radius 2 is 1.64 bits per heavy atom. The zero-order valence-corrected chi connectivity index (χ0v) is 13.6. The van der Waals surface area contributed by atoms with Crippen molar-refractivity contribution in [2.75, 3.05) is 14.2 Å². The first-order chi connectivity index (χ1) is 10.5. The smallest absolute Gasteiger partial charge is 0.256 e. The molecule has 0 amide bonds. The van der Waals surface area contributed by atoms with E-state index in [1.807, 2.05) is 0 Å². The third kappa shape index (κ3) is 5.22. The van der Waals surface area contributed by atoms with Crippen LogP contribution in [0.15, 0.2) is 24.5 Å². The first kappa shape index (κ1) is 18.3. The second-order valence-electron chi connectivity index (χ2n) is 4.00. The molecule has 0 aliphatic heterocycles. The van der Waals surface area contributed by atoms with Crippen molar-refractivity contribution in [1.82, 2.24) is 9.97 Å². The summed E-state index contributed by atoms with van der Waals surface area (Å²) >= 11 is 11.3. The average Bonchev–Trinajstić information content (AvgIpc) is 2.55. The van der Waals surface area contributed by atoms with Gasteiger partial charge in [0.25, 0.3) is 5.88 Å². The van der Waals surface area contributed by atoms with Gasteiger partial charge in [0, 0.05) is 18.3 Å². The van der Waals surface area contributed by atoms with Crippen LogP contribution in [0.1, 0.15) is 11.1 Å². The van der Waals surface area contributed by atoms with E-state index in [9.17, 15) is 0 Å². The summed E-state index contributed by atoms with van der Waals surface area (Å²) in [4.78, 5) is 7.66. The van der Waals surface area contributed by atoms with Crippen molar-refractivity contribution in [1.29, 1.82) is 0 Å². The third-order valence-electron chi connectivity index (χ3n) is 2.48. The summed E-state index contributed by atoms with van der Waals surface area (Å²) in [6.45, 7) is -0.134. The lowest BCUT2D eigenvalue weighted by Crippen LogP contribution is -1.90. The Bertz CT molecular complexity index is 558. The van der Waals surface area contributed by atoms with Gasteiger partial charge in [0.2, 0.25) is 5.88 Å². The minimum Gasteiger partial charge on any atom is -0.503 e. The van der Waals surface area contributed by atoms with E-state index in [-0.39, 0.29) is 18.2 Å². The Morgan fingerprint density at radius 3 is 2.09 bits per heavy atom. The average molecular weight is 347 g/mol. The maximum absolute atomic E-state index is 9.12. The molecule has 120 valence electrons. The fraction of sp³-hybridized carbons (Fsp3) is 0.286. The maximum Gasteiger partial charge on any atom is 0.256 e. The molecule has 0 saturated heterocycles. The van der Waals surface area contributed by atoms with Gasteiger partial charge in [-0.3, -0.25) is 0 Å². The highest BCUT2D eigenvalue weighted by Crippen LogP contribution is 2.23. The number of aromatic nitrogens is 2. The monoisotopic (exact) mass is 346 g/mol. The largest absolute Gasteiger partial charge is 0.503 e. The van der Waals surface area contributed by atoms with Gasteiger partial charge in [0.05, 0.1) is 20.8 Å². The van der Waals surface area contributed by atoms with Crippen LogP contribution >= 0.6 is 23.2 Å². The maximum atomic E-state index is 9.12. The predicted octanol–water partition coefficient (Wildman–Crippen LogP) is 2.77. The van der Waals surface area contributed by atoms with Gasteiger partial charge in [-0.15, -0.1) is 11.6 Å². The van der Waals surface area contributed by atoms with E-state index in [0.29, 0.717) is 22.3 Å². The number of aliphatic hydroxyl groups excluding tert-OH is 1. The zero-order valence-electron chi connectivity index (χ0n) is 12.1. The normalized spacial score (nSPS) is 9.68. The number of halogens is 2. The summed E-state index contributed by atoms with van der Waals surface area (Å²) in [5.74, 6) is 0.957. The SMILES string of the molecule is COc1ncc(CCl)cc1Cl.COc1ncc(CO)cc1O. The molecule has 2 aromatic rings. The Labute approximate surface area is 138 Å². The third-order valence-corrected chi connectivity index (χ3v) is 3.06. The Kier molecular flexibility index (Phi) is 7.73. The van der Waals surface area contributed by atoms with Gasteiger partial charge in [-0.05, 0) is 23.3 Å². The fourth-order valence-electron chi connectivity index (χ4n) is 1.41. The number of aliphatic hydroxyl groups is 1. The predicted molar refractivity (Wildman–Crippen MR) is 83.7 cm³/mol. The molecule has 0 fully saturated rings. The second kappa shape index (κ2) is 9.30. The van der Waals surface area contributed by atoms with E-state index in [2.05, 4.69) is 9.97 Å². The first-order valence-electron chi connectivity index (χ1n) is 6.12. The van der Waals surface area contributed by atoms with Crippen molar-refractivity contribution < 1.29 is 19.7 Å². The molecule has 6 nitrogen and oxygen atoms in total. The molecule has 0 aliphatic carbocycles. The number of methoxy groups -OCH3 is 2. The number of ether oxygens (including phenoxy) is 2. The van der Waals surface area contributed by atoms with Crippen LogP contribution in [0, 0.1) is 0 Å². The highest BCUT2D eigenvalue weighted by Gasteiger charge is 2.02. The number of pyridine rings is 2. The standard InChI is InChI=1S/C7H7Cl2NO.C7H9NO3/c1-11-7-6(9)2-5(3-8)4-10-7;1-11-7-6(10)2-5(4-9)3-8-7/h2,4H,3H2,1H3;2-3,9-10H,4H2,1H3. The van der Waals surface area contributed by atoms with Gasteiger partial charge in [-0.25, -0.2) is 9.97 Å². The van der Waals surface area contributed by atoms with E-state index < -0.39 is 0 Å². The highest BCUT2D eigenvalue weighted by atomic mass is 35.5. The summed E-state index contributed by atoms with van der Waals surface area (Å²) in [6, 6.07) is 3.15. The Hall–Kier alpha value is -1.76. The molecule has 0 aliphatic rings. The summed E-state index contributed by atoms with van der Waals surface area (Å²) in [5.41, 5.74) is 1.45. The number of hydrogen-bond donors (Lipinski definition) is 2. The first-order valence-corrected chi connectivity index (χ1v) is 7.04. The molecule has 2 heterocycles. The van der Waals surface area contributed by atoms with Crippen LogP contribution in [-0.4, -0.2) is 34.4 Å². The van der Waals surface area contributed by atoms with Crippen LogP contribution in [0.5, 0.6) is 17.5 Å². The number of hydrogen-bond acceptors (Lipinski definition) is 6. The molecule has 0 saturated carbocycles. The van der Waals surface area contributed by atoms with Crippen molar-refractivity contribution >= 4 is 23.2 Å². The second-order valence-corrected chi connectivity index (χ2v) is 4.67. The minimum atomic E-state index is -0.134. The van der Waals surface area contributed by atoms with Gasteiger partial charge in [-0.1, -0.05) is 11.6 Å². The Balaban J connectivity index is 0.000000220. The number of alkyl halides is 1. The van der Waals surface area contributed by atoms with E-state index in [1.54, 1.807) is 12.3 Å². The molecular formula is C14H16Cl2N2O4. The highest BCUT2D eigenvalue weighted by molar-refractivity contribution is 6.32. The van der Waals surface area contributed by atoms with Crippen molar-refractivity contribution in [3.63, 3.8) is 0 Å². The fourth-order valence-corrected chi connectivity index (χ4v) is 1.83. The lowest BCUT2D eigenvalue weighted by atomic mass is 10.3. The van der Waals surface area contributed by atoms with Gasteiger partial charge < -0.3 is 19.7 Å². The Morgan fingerprint density at radius 1 is 1.05 bits per heavy atom. The summed E-state index contributed by atoms with van der Waals surface area (Å²) in [5, 5.41) is 18.2. The summed E-state index contributed by atoms with van der Waals surface area (Å²) in [6.07, 6.45) is 3.08. The molecular weight excluding hydrogens is 331 g/mol.